The zero-order valence-electron chi connectivity index (χ0n) is 19.0. The van der Waals surface area contributed by atoms with Gasteiger partial charge in [-0.05, 0) is 76.5 Å². The fraction of sp³-hybridized carbons (Fsp3) is 0.600. The molecule has 6 nitrogen and oxygen atoms in total. The number of hydrogen-bond acceptors (Lipinski definition) is 6. The van der Waals surface area contributed by atoms with Crippen LogP contribution >= 0.6 is 11.6 Å². The van der Waals surface area contributed by atoms with Crippen LogP contribution in [0, 0.1) is 12.8 Å². The number of carbonyl (C=O) groups excluding carboxylic acids is 1. The summed E-state index contributed by atoms with van der Waals surface area (Å²) in [5.41, 5.74) is 1.91. The van der Waals surface area contributed by atoms with E-state index in [2.05, 4.69) is 9.80 Å². The van der Waals surface area contributed by atoms with Crippen molar-refractivity contribution in [2.24, 2.45) is 5.92 Å². The van der Waals surface area contributed by atoms with Crippen LogP contribution in [0.1, 0.15) is 43.6 Å². The minimum atomic E-state index is 0.220. The fourth-order valence-corrected chi connectivity index (χ4v) is 4.71. The molecule has 1 aromatic heterocycles. The molecule has 2 aliphatic rings. The molecule has 7 heteroatoms. The molecular weight excluding hydrogens is 426 g/mol. The number of unbranched alkanes of at least 4 members (excludes halogenated alkanes) is 1. The standard InChI is InChI=1S/C25H34ClN3O3/c1-19-23(27-25(32-19)21-5-7-22(26)8-6-21)18-29-12-9-20(10-13-29)24(30)4-2-3-11-28-14-16-31-17-15-28/h5-8,20H,2-4,9-18H2,1H3. The first-order valence-corrected chi connectivity index (χ1v) is 12.2. The maximum Gasteiger partial charge on any atom is 0.226 e. The second-order valence-electron chi connectivity index (χ2n) is 8.96. The van der Waals surface area contributed by atoms with E-state index < -0.39 is 0 Å². The summed E-state index contributed by atoms with van der Waals surface area (Å²) >= 11 is 5.98. The number of carbonyl (C=O) groups is 1. The zero-order chi connectivity index (χ0) is 22.3. The number of aromatic nitrogens is 1. The van der Waals surface area contributed by atoms with E-state index in [4.69, 9.17) is 25.7 Å². The predicted molar refractivity (Wildman–Crippen MR) is 126 cm³/mol. The normalized spacial score (nSPS) is 18.8. The molecule has 0 radical (unpaired) electrons. The third-order valence-corrected chi connectivity index (χ3v) is 6.90. The number of rotatable bonds is 9. The number of halogens is 1. The van der Waals surface area contributed by atoms with E-state index in [1.165, 1.54) is 0 Å². The van der Waals surface area contributed by atoms with Gasteiger partial charge in [-0.3, -0.25) is 14.6 Å². The van der Waals surface area contributed by atoms with Crippen molar-refractivity contribution < 1.29 is 13.9 Å². The quantitative estimate of drug-likeness (QED) is 0.511. The van der Waals surface area contributed by atoms with Crippen LogP contribution in [0.4, 0.5) is 0 Å². The van der Waals surface area contributed by atoms with Crippen LogP contribution in [0.3, 0.4) is 0 Å². The summed E-state index contributed by atoms with van der Waals surface area (Å²) in [6, 6.07) is 7.55. The van der Waals surface area contributed by atoms with E-state index in [0.717, 1.165) is 102 Å². The van der Waals surface area contributed by atoms with Gasteiger partial charge in [0.1, 0.15) is 11.5 Å². The molecule has 0 saturated carbocycles. The Balaban J connectivity index is 1.18. The predicted octanol–water partition coefficient (Wildman–Crippen LogP) is 4.59. The number of benzene rings is 1. The lowest BCUT2D eigenvalue weighted by Crippen LogP contribution is -2.37. The molecule has 1 aromatic carbocycles. The number of hydrogen-bond donors (Lipinski definition) is 0. The molecule has 2 aromatic rings. The molecule has 0 spiro atoms. The molecule has 2 fully saturated rings. The van der Waals surface area contributed by atoms with Crippen LogP contribution < -0.4 is 0 Å². The number of likely N-dealkylation sites (tertiary alicyclic amines) is 1. The Morgan fingerprint density at radius 3 is 2.50 bits per heavy atom. The Labute approximate surface area is 195 Å². The van der Waals surface area contributed by atoms with Gasteiger partial charge in [0.15, 0.2) is 0 Å². The Morgan fingerprint density at radius 2 is 1.78 bits per heavy atom. The van der Waals surface area contributed by atoms with Crippen LogP contribution in [0.25, 0.3) is 11.5 Å². The van der Waals surface area contributed by atoms with Crippen LogP contribution in [0.15, 0.2) is 28.7 Å². The van der Waals surface area contributed by atoms with Crippen molar-refractivity contribution in [1.29, 1.82) is 0 Å². The number of nitrogens with zero attached hydrogens (tertiary/aromatic N) is 3. The number of aryl methyl sites for hydroxylation is 1. The second kappa shape index (κ2) is 11.4. The Bertz CT molecular complexity index is 869. The largest absolute Gasteiger partial charge is 0.441 e. The summed E-state index contributed by atoms with van der Waals surface area (Å²) in [4.78, 5) is 22.2. The maximum atomic E-state index is 12.7. The SMILES string of the molecule is Cc1oc(-c2ccc(Cl)cc2)nc1CN1CCC(C(=O)CCCCN2CCOCC2)CC1. The number of oxazole rings is 1. The lowest BCUT2D eigenvalue weighted by molar-refractivity contribution is -0.124. The lowest BCUT2D eigenvalue weighted by Gasteiger charge is -2.31. The molecule has 0 aliphatic carbocycles. The first-order chi connectivity index (χ1) is 15.6. The van der Waals surface area contributed by atoms with Gasteiger partial charge < -0.3 is 9.15 Å². The topological polar surface area (TPSA) is 58.8 Å². The molecule has 0 atom stereocenters. The van der Waals surface area contributed by atoms with Crippen LogP contribution in [0.5, 0.6) is 0 Å². The molecule has 2 aliphatic heterocycles. The minimum absolute atomic E-state index is 0.220. The van der Waals surface area contributed by atoms with Crippen molar-refractivity contribution in [3.05, 3.63) is 40.7 Å². The second-order valence-corrected chi connectivity index (χ2v) is 9.39. The maximum absolute atomic E-state index is 12.7. The average Bonchev–Trinajstić information content (AvgIpc) is 3.18. The fourth-order valence-electron chi connectivity index (χ4n) is 4.58. The number of ether oxygens (including phenoxy) is 1. The summed E-state index contributed by atoms with van der Waals surface area (Å²) in [6.07, 6.45) is 4.72. The Morgan fingerprint density at radius 1 is 1.06 bits per heavy atom. The van der Waals surface area contributed by atoms with Gasteiger partial charge in [0, 0.05) is 42.6 Å². The van der Waals surface area contributed by atoms with Gasteiger partial charge in [-0.2, -0.15) is 0 Å². The summed E-state index contributed by atoms with van der Waals surface area (Å²) in [5.74, 6) is 2.16. The van der Waals surface area contributed by atoms with Gasteiger partial charge in [0.25, 0.3) is 0 Å². The van der Waals surface area contributed by atoms with E-state index >= 15 is 0 Å². The van der Waals surface area contributed by atoms with Gasteiger partial charge in [-0.25, -0.2) is 4.98 Å². The highest BCUT2D eigenvalue weighted by atomic mass is 35.5. The summed E-state index contributed by atoms with van der Waals surface area (Å²) in [6.45, 7) is 9.43. The summed E-state index contributed by atoms with van der Waals surface area (Å²) < 4.78 is 11.3. The average molecular weight is 460 g/mol. The van der Waals surface area contributed by atoms with E-state index in [1.807, 2.05) is 31.2 Å². The number of piperidine rings is 1. The zero-order valence-corrected chi connectivity index (χ0v) is 19.8. The van der Waals surface area contributed by atoms with Gasteiger partial charge in [0.2, 0.25) is 5.89 Å². The molecule has 32 heavy (non-hydrogen) atoms. The molecule has 2 saturated heterocycles. The third kappa shape index (κ3) is 6.41. The van der Waals surface area contributed by atoms with Crippen molar-refractivity contribution in [2.45, 2.75) is 45.6 Å². The van der Waals surface area contributed by atoms with E-state index in [1.54, 1.807) is 0 Å². The van der Waals surface area contributed by atoms with Crippen molar-refractivity contribution in [1.82, 2.24) is 14.8 Å². The first-order valence-electron chi connectivity index (χ1n) is 11.9. The lowest BCUT2D eigenvalue weighted by atomic mass is 9.90. The highest BCUT2D eigenvalue weighted by molar-refractivity contribution is 6.30. The van der Waals surface area contributed by atoms with Gasteiger partial charge >= 0.3 is 0 Å². The highest BCUT2D eigenvalue weighted by Crippen LogP contribution is 2.26. The molecule has 0 unspecified atom stereocenters. The van der Waals surface area contributed by atoms with E-state index in [0.29, 0.717) is 16.7 Å². The molecule has 0 amide bonds. The summed E-state index contributed by atoms with van der Waals surface area (Å²) in [5, 5.41) is 0.701. The molecule has 0 N–H and O–H groups in total. The molecule has 174 valence electrons. The Hall–Kier alpha value is -1.73. The van der Waals surface area contributed by atoms with Crippen LogP contribution in [-0.4, -0.2) is 66.5 Å². The van der Waals surface area contributed by atoms with E-state index in [9.17, 15) is 4.79 Å². The third-order valence-electron chi connectivity index (χ3n) is 6.65. The number of morpholine rings is 1. The number of Topliss-reactive ketones (excluding diaryl/α,β-unsaturated/α-hetero) is 1. The monoisotopic (exact) mass is 459 g/mol. The van der Waals surface area contributed by atoms with Crippen molar-refractivity contribution in [3.63, 3.8) is 0 Å². The Kier molecular flexibility index (Phi) is 8.36. The highest BCUT2D eigenvalue weighted by Gasteiger charge is 2.25. The van der Waals surface area contributed by atoms with Crippen LogP contribution in [-0.2, 0) is 16.1 Å². The van der Waals surface area contributed by atoms with Crippen molar-refractivity contribution in [2.75, 3.05) is 45.9 Å². The van der Waals surface area contributed by atoms with Gasteiger partial charge in [-0.15, -0.1) is 0 Å². The molecule has 0 bridgehead atoms. The van der Waals surface area contributed by atoms with Gasteiger partial charge in [0.05, 0.1) is 18.9 Å². The van der Waals surface area contributed by atoms with Crippen molar-refractivity contribution in [3.8, 4) is 11.5 Å². The molecule has 4 rings (SSSR count). The summed E-state index contributed by atoms with van der Waals surface area (Å²) in [7, 11) is 0. The number of ketones is 1. The van der Waals surface area contributed by atoms with E-state index in [-0.39, 0.29) is 5.92 Å². The minimum Gasteiger partial charge on any atom is -0.441 e. The van der Waals surface area contributed by atoms with Crippen molar-refractivity contribution >= 4 is 17.4 Å². The first kappa shape index (κ1) is 23.4. The smallest absolute Gasteiger partial charge is 0.226 e. The molecule has 3 heterocycles. The van der Waals surface area contributed by atoms with Crippen LogP contribution in [0.2, 0.25) is 5.02 Å². The van der Waals surface area contributed by atoms with Gasteiger partial charge in [-0.1, -0.05) is 11.6 Å². The molecular formula is C25H34ClN3O3.